The summed E-state index contributed by atoms with van der Waals surface area (Å²) in [4.78, 5) is 0. The maximum absolute atomic E-state index is 12.0. The minimum Gasteiger partial charge on any atom is -0.392 e. The molecule has 62 heavy (non-hydrogen) atoms. The van der Waals surface area contributed by atoms with E-state index < -0.39 is 0 Å². The topological polar surface area (TPSA) is 40.5 Å². The zero-order valence-corrected chi connectivity index (χ0v) is 42.9. The Bertz CT molecular complexity index is 2120. The predicted octanol–water partition coefficient (Wildman–Crippen LogP) is 14.9. The van der Waals surface area contributed by atoms with Gasteiger partial charge in [0.2, 0.25) is 0 Å². The third-order valence-corrected chi connectivity index (χ3v) is 25.5. The van der Waals surface area contributed by atoms with E-state index in [9.17, 15) is 10.2 Å². The molecule has 14 atom stereocenters. The van der Waals surface area contributed by atoms with Crippen molar-refractivity contribution < 1.29 is 10.2 Å². The van der Waals surface area contributed by atoms with Crippen LogP contribution in [0.25, 0.3) is 0 Å². The minimum atomic E-state index is -0.187. The van der Waals surface area contributed by atoms with Gasteiger partial charge in [-0.25, -0.2) is 0 Å². The fraction of sp³-hybridized carbons (Fsp3) is 0.800. The van der Waals surface area contributed by atoms with Crippen molar-refractivity contribution in [3.63, 3.8) is 0 Å². The molecule has 2 nitrogen and oxygen atoms in total. The van der Waals surface area contributed by atoms with E-state index in [0.29, 0.717) is 57.2 Å². The van der Waals surface area contributed by atoms with Crippen molar-refractivity contribution in [2.75, 3.05) is 0 Å². The summed E-state index contributed by atoms with van der Waals surface area (Å²) in [5.74, 6) is 6.01. The van der Waals surface area contributed by atoms with Crippen LogP contribution in [0.2, 0.25) is 0 Å². The van der Waals surface area contributed by atoms with Crippen LogP contribution in [0, 0.1) is 102 Å². The number of hydrogen-bond acceptors (Lipinski definition) is 2. The number of fused-ring (bicyclic) bond motifs is 16. The second-order valence-corrected chi connectivity index (χ2v) is 28.4. The molecule has 18 rings (SSSR count). The highest BCUT2D eigenvalue weighted by Crippen LogP contribution is 2.77. The summed E-state index contributed by atoms with van der Waals surface area (Å²) in [6.07, 6.45) is 12.4. The van der Waals surface area contributed by atoms with Gasteiger partial charge in [0.25, 0.3) is 0 Å². The fourth-order valence-electron chi connectivity index (χ4n) is 20.6. The van der Waals surface area contributed by atoms with Crippen LogP contribution in [0.1, 0.15) is 189 Å². The molecule has 18 aliphatic rings. The van der Waals surface area contributed by atoms with Gasteiger partial charge in [-0.2, -0.15) is 0 Å². The van der Waals surface area contributed by atoms with Crippen LogP contribution in [0.4, 0.5) is 0 Å². The first kappa shape index (κ1) is 43.0. The first-order chi connectivity index (χ1) is 28.5. The molecule has 2 heteroatoms. The van der Waals surface area contributed by atoms with Crippen molar-refractivity contribution in [2.24, 2.45) is 102 Å². The van der Waals surface area contributed by atoms with Gasteiger partial charge < -0.3 is 10.2 Å². The highest BCUT2D eigenvalue weighted by molar-refractivity contribution is 5.51. The lowest BCUT2D eigenvalue weighted by Gasteiger charge is -2.69. The number of aliphatic hydroxyl groups excluding tert-OH is 2. The third-order valence-electron chi connectivity index (χ3n) is 25.5. The monoisotopic (exact) mass is 841 g/mol. The molecule has 0 saturated heterocycles. The highest BCUT2D eigenvalue weighted by Gasteiger charge is 2.70. The summed E-state index contributed by atoms with van der Waals surface area (Å²) in [5.41, 5.74) is 22.5. The summed E-state index contributed by atoms with van der Waals surface area (Å²) in [5, 5.41) is 23.9. The van der Waals surface area contributed by atoms with Crippen molar-refractivity contribution in [2.45, 2.75) is 201 Å². The Balaban J connectivity index is 0.000000139. The van der Waals surface area contributed by atoms with Crippen molar-refractivity contribution in [3.8, 4) is 0 Å². The summed E-state index contributed by atoms with van der Waals surface area (Å²) in [6.45, 7) is 44.1. The van der Waals surface area contributed by atoms with Crippen LogP contribution in [0.3, 0.4) is 0 Å². The van der Waals surface area contributed by atoms with Crippen LogP contribution >= 0.6 is 0 Å². The molecule has 0 aromatic heterocycles. The first-order valence-corrected chi connectivity index (χ1v) is 26.1. The third kappa shape index (κ3) is 4.60. The van der Waals surface area contributed by atoms with E-state index in [-0.39, 0.29) is 33.9 Å². The van der Waals surface area contributed by atoms with Crippen LogP contribution in [-0.4, -0.2) is 22.4 Å². The van der Waals surface area contributed by atoms with E-state index in [4.69, 9.17) is 0 Å². The molecular formula is C60H88O2. The van der Waals surface area contributed by atoms with Crippen molar-refractivity contribution in [3.05, 3.63) is 66.9 Å². The van der Waals surface area contributed by atoms with E-state index in [1.54, 1.807) is 66.9 Å². The van der Waals surface area contributed by atoms with Crippen molar-refractivity contribution in [1.29, 1.82) is 0 Å². The molecule has 6 fully saturated rings. The molecule has 0 aromatic carbocycles. The molecule has 0 radical (unpaired) electrons. The average Bonchev–Trinajstić information content (AvgIpc) is 3.17. The first-order valence-electron chi connectivity index (χ1n) is 26.1. The van der Waals surface area contributed by atoms with Gasteiger partial charge in [-0.05, 0) is 186 Å². The second-order valence-electron chi connectivity index (χ2n) is 28.4. The van der Waals surface area contributed by atoms with Crippen LogP contribution in [-0.2, 0) is 0 Å². The van der Waals surface area contributed by atoms with Gasteiger partial charge in [0.15, 0.2) is 0 Å². The van der Waals surface area contributed by atoms with E-state index in [0.717, 1.165) is 36.5 Å². The Labute approximate surface area is 379 Å². The van der Waals surface area contributed by atoms with E-state index >= 15 is 0 Å². The molecule has 0 aliphatic heterocycles. The lowest BCUT2D eigenvalue weighted by Crippen LogP contribution is -2.63. The van der Waals surface area contributed by atoms with Crippen LogP contribution < -0.4 is 0 Å². The molecule has 340 valence electrons. The number of hydrogen-bond donors (Lipinski definition) is 2. The smallest absolute Gasteiger partial charge is 0.0653 e. The van der Waals surface area contributed by atoms with Crippen LogP contribution in [0.5, 0.6) is 0 Å². The molecular weight excluding hydrogens is 753 g/mol. The molecule has 0 amide bonds. The maximum Gasteiger partial charge on any atom is 0.0653 e. The summed E-state index contributed by atoms with van der Waals surface area (Å²) >= 11 is 0. The molecule has 14 unspecified atom stereocenters. The number of rotatable bonds is 4. The van der Waals surface area contributed by atoms with E-state index in [1.807, 2.05) is 0 Å². The predicted molar refractivity (Wildman–Crippen MR) is 257 cm³/mol. The van der Waals surface area contributed by atoms with Crippen molar-refractivity contribution >= 4 is 0 Å². The van der Waals surface area contributed by atoms with Crippen LogP contribution in [0.15, 0.2) is 66.9 Å². The van der Waals surface area contributed by atoms with Gasteiger partial charge in [-0.15, -0.1) is 0 Å². The minimum absolute atomic E-state index is 0.141. The zero-order chi connectivity index (χ0) is 44.9. The molecule has 2 N–H and O–H groups in total. The lowest BCUT2D eigenvalue weighted by atomic mass is 9.35. The lowest BCUT2D eigenvalue weighted by molar-refractivity contribution is -0.110. The Kier molecular flexibility index (Phi) is 8.50. The van der Waals surface area contributed by atoms with Gasteiger partial charge in [0, 0.05) is 22.7 Å². The van der Waals surface area contributed by atoms with Gasteiger partial charge in [0.1, 0.15) is 0 Å². The molecule has 0 aromatic rings. The SMILES string of the molecule is CC1=C2CC(CC1C1(C3C(C)=C4CC(C3O)C4(C)C)CC3CC(=C1C)C3(C)C)C2(C)C.CC1=C2CC(CC1C1(C3C(C)=C4CC(C3O)C4(C)C)CC3CC(=C1C)C3(C)C)C2(C)C. The van der Waals surface area contributed by atoms with Gasteiger partial charge in [-0.1, -0.05) is 150 Å². The largest absolute Gasteiger partial charge is 0.392 e. The molecule has 0 spiro atoms. The fourth-order valence-corrected chi connectivity index (χ4v) is 20.6. The Hall–Kier alpha value is -1.64. The van der Waals surface area contributed by atoms with Crippen molar-refractivity contribution in [1.82, 2.24) is 0 Å². The summed E-state index contributed by atoms with van der Waals surface area (Å²) < 4.78 is 0. The van der Waals surface area contributed by atoms with E-state index in [2.05, 4.69) is 125 Å². The Morgan fingerprint density at radius 1 is 0.355 bits per heavy atom. The highest BCUT2D eigenvalue weighted by atomic mass is 16.3. The quantitative estimate of drug-likeness (QED) is 0.277. The van der Waals surface area contributed by atoms with Gasteiger partial charge in [0.05, 0.1) is 12.2 Å². The normalized spacial score (nSPS) is 48.2. The average molecular weight is 841 g/mol. The van der Waals surface area contributed by atoms with Gasteiger partial charge >= 0.3 is 0 Å². The Morgan fingerprint density at radius 3 is 0.887 bits per heavy atom. The number of aliphatic hydroxyl groups is 2. The maximum atomic E-state index is 12.0. The summed E-state index contributed by atoms with van der Waals surface area (Å²) in [7, 11) is 0. The van der Waals surface area contributed by atoms with Gasteiger partial charge in [-0.3, -0.25) is 0 Å². The molecule has 12 bridgehead atoms. The second kappa shape index (κ2) is 12.3. The Morgan fingerprint density at radius 2 is 0.645 bits per heavy atom. The zero-order valence-electron chi connectivity index (χ0n) is 42.9. The molecule has 0 heterocycles. The molecule has 6 saturated carbocycles. The standard InChI is InChI=1S/2C30H44O/c2*1-15-20-10-18(27(20,4)5)11-22(15)30(14-19-12-23(17(30)3)28(19,6)7)25-16(2)21-13-24(26(25)31)29(21,8)9/h2*18-19,22,24-26,31H,10-14H2,1-9H3. The molecule has 18 aliphatic carbocycles. The number of allylic oxidation sites excluding steroid dienone is 10. The van der Waals surface area contributed by atoms with E-state index in [1.165, 1.54) is 51.4 Å². The summed E-state index contributed by atoms with van der Waals surface area (Å²) in [6, 6.07) is 0.